The maximum absolute atomic E-state index is 13.5. The summed E-state index contributed by atoms with van der Waals surface area (Å²) in [5.74, 6) is 0.525. The monoisotopic (exact) mass is 477 g/mol. The Morgan fingerprint density at radius 3 is 2.61 bits per heavy atom. The van der Waals surface area contributed by atoms with Gasteiger partial charge in [0, 0.05) is 23.2 Å². The van der Waals surface area contributed by atoms with E-state index in [0.29, 0.717) is 39.7 Å². The lowest BCUT2D eigenvalue weighted by Gasteiger charge is -2.08. The van der Waals surface area contributed by atoms with Crippen molar-refractivity contribution in [3.63, 3.8) is 0 Å². The number of hydrogen-bond donors (Lipinski definition) is 0. The summed E-state index contributed by atoms with van der Waals surface area (Å²) < 4.78 is 13.0. The van der Waals surface area contributed by atoms with E-state index in [1.165, 1.54) is 6.20 Å². The highest BCUT2D eigenvalue weighted by Crippen LogP contribution is 2.35. The van der Waals surface area contributed by atoms with Crippen LogP contribution < -0.4 is 4.74 Å². The van der Waals surface area contributed by atoms with Gasteiger partial charge in [-0.25, -0.2) is 4.98 Å². The lowest BCUT2D eigenvalue weighted by molar-refractivity contribution is 0.100. The highest BCUT2D eigenvalue weighted by molar-refractivity contribution is 6.36. The van der Waals surface area contributed by atoms with Crippen LogP contribution in [0.15, 0.2) is 77.5 Å². The number of benzene rings is 2. The second-order valence-electron chi connectivity index (χ2n) is 7.34. The molecule has 5 rings (SSSR count). The zero-order valence-corrected chi connectivity index (χ0v) is 19.0. The summed E-state index contributed by atoms with van der Waals surface area (Å²) in [4.78, 5) is 21.9. The number of carbonyl (C=O) groups is 1. The Kier molecular flexibility index (Phi) is 5.62. The third-order valence-corrected chi connectivity index (χ3v) is 5.95. The van der Waals surface area contributed by atoms with Gasteiger partial charge in [0.05, 0.1) is 24.4 Å². The molecular formula is C25H17Cl2N3O3. The van der Waals surface area contributed by atoms with Crippen LogP contribution in [-0.2, 0) is 6.54 Å². The molecular weight excluding hydrogens is 461 g/mol. The predicted octanol–water partition coefficient (Wildman–Crippen LogP) is 6.29. The van der Waals surface area contributed by atoms with Crippen LogP contribution in [0.1, 0.15) is 21.8 Å². The van der Waals surface area contributed by atoms with Gasteiger partial charge in [-0.3, -0.25) is 9.78 Å². The van der Waals surface area contributed by atoms with Crippen molar-refractivity contribution in [2.75, 3.05) is 7.11 Å². The normalized spacial score (nSPS) is 11.1. The number of nitrogens with zero attached hydrogens (tertiary/aromatic N) is 3. The molecule has 0 spiro atoms. The maximum atomic E-state index is 13.5. The number of methoxy groups -OCH3 is 1. The van der Waals surface area contributed by atoms with E-state index in [0.717, 1.165) is 11.1 Å². The van der Waals surface area contributed by atoms with Crippen LogP contribution in [0, 0.1) is 0 Å². The molecule has 0 fully saturated rings. The van der Waals surface area contributed by atoms with E-state index in [9.17, 15) is 4.79 Å². The number of halogens is 2. The molecule has 164 valence electrons. The van der Waals surface area contributed by atoms with Crippen molar-refractivity contribution in [2.45, 2.75) is 6.54 Å². The predicted molar refractivity (Wildman–Crippen MR) is 127 cm³/mol. The first-order valence-corrected chi connectivity index (χ1v) is 10.8. The fraction of sp³-hybridized carbons (Fsp3) is 0.0800. The van der Waals surface area contributed by atoms with Gasteiger partial charge >= 0.3 is 0 Å². The molecule has 0 saturated carbocycles. The van der Waals surface area contributed by atoms with Crippen molar-refractivity contribution in [3.8, 4) is 17.2 Å². The number of carbonyl (C=O) groups excluding carboxylic acids is 1. The van der Waals surface area contributed by atoms with Gasteiger partial charge < -0.3 is 13.7 Å². The molecule has 3 heterocycles. The van der Waals surface area contributed by atoms with Gasteiger partial charge in [0.15, 0.2) is 5.76 Å². The van der Waals surface area contributed by atoms with E-state index < -0.39 is 5.78 Å². The second kappa shape index (κ2) is 8.73. The number of ether oxygens (including phenoxy) is 1. The maximum Gasteiger partial charge on any atom is 0.269 e. The Morgan fingerprint density at radius 2 is 1.88 bits per heavy atom. The molecule has 0 unspecified atom stereocenters. The number of hydrogen-bond acceptors (Lipinski definition) is 5. The van der Waals surface area contributed by atoms with E-state index >= 15 is 0 Å². The van der Waals surface area contributed by atoms with Gasteiger partial charge in [0.25, 0.3) is 11.7 Å². The third-order valence-electron chi connectivity index (χ3n) is 5.31. The van der Waals surface area contributed by atoms with Crippen molar-refractivity contribution in [3.05, 3.63) is 100 Å². The first kappa shape index (κ1) is 21.2. The zero-order valence-electron chi connectivity index (χ0n) is 17.5. The molecule has 0 aliphatic heterocycles. The van der Waals surface area contributed by atoms with Crippen molar-refractivity contribution in [1.29, 1.82) is 0 Å². The minimum atomic E-state index is -0.421. The number of pyridine rings is 1. The Balaban J connectivity index is 1.61. The first-order chi connectivity index (χ1) is 16.0. The number of fused-ring (bicyclic) bond motifs is 1. The van der Waals surface area contributed by atoms with Crippen LogP contribution in [0.5, 0.6) is 5.75 Å². The highest BCUT2D eigenvalue weighted by Gasteiger charge is 2.26. The molecule has 0 saturated heterocycles. The van der Waals surface area contributed by atoms with E-state index in [1.807, 2.05) is 47.0 Å². The number of ketones is 1. The lowest BCUT2D eigenvalue weighted by Crippen LogP contribution is -2.04. The summed E-state index contributed by atoms with van der Waals surface area (Å²) in [6.07, 6.45) is 3.13. The average Bonchev–Trinajstić information content (AvgIpc) is 3.44. The molecule has 0 bridgehead atoms. The molecule has 0 aliphatic carbocycles. The Morgan fingerprint density at radius 1 is 1.06 bits per heavy atom. The molecule has 3 aromatic heterocycles. The summed E-state index contributed by atoms with van der Waals surface area (Å²) in [5.41, 5.74) is 2.66. The second-order valence-corrected chi connectivity index (χ2v) is 8.13. The number of rotatable bonds is 6. The third kappa shape index (κ3) is 3.99. The highest BCUT2D eigenvalue weighted by atomic mass is 35.5. The molecule has 2 aromatic carbocycles. The van der Waals surface area contributed by atoms with E-state index in [1.54, 1.807) is 31.5 Å². The fourth-order valence-electron chi connectivity index (χ4n) is 3.69. The van der Waals surface area contributed by atoms with Crippen LogP contribution >= 0.6 is 23.2 Å². The average molecular weight is 478 g/mol. The Hall–Kier alpha value is -3.61. The topological polar surface area (TPSA) is 70.2 Å². The molecule has 0 radical (unpaired) electrons. The van der Waals surface area contributed by atoms with E-state index in [4.69, 9.17) is 32.4 Å². The van der Waals surface area contributed by atoms with Crippen LogP contribution in [0.25, 0.3) is 22.4 Å². The summed E-state index contributed by atoms with van der Waals surface area (Å²) in [5, 5.41) is 1.59. The SMILES string of the molecule is COc1ccc2c(c1)c(C(=O)c1ncc(-c3ccccn3)o1)c(Cl)n2Cc1ccc(Cl)cc1. The minimum Gasteiger partial charge on any atom is -0.497 e. The van der Waals surface area contributed by atoms with Crippen molar-refractivity contribution in [2.24, 2.45) is 0 Å². The van der Waals surface area contributed by atoms with E-state index in [-0.39, 0.29) is 11.0 Å². The molecule has 0 N–H and O–H groups in total. The molecule has 0 aliphatic rings. The van der Waals surface area contributed by atoms with Crippen molar-refractivity contribution in [1.82, 2.24) is 14.5 Å². The van der Waals surface area contributed by atoms with Crippen molar-refractivity contribution >= 4 is 39.9 Å². The minimum absolute atomic E-state index is 0.0640. The molecule has 0 amide bonds. The zero-order chi connectivity index (χ0) is 22.9. The number of aromatic nitrogens is 3. The first-order valence-electron chi connectivity index (χ1n) is 10.1. The molecule has 33 heavy (non-hydrogen) atoms. The number of oxazole rings is 1. The van der Waals surface area contributed by atoms with Crippen LogP contribution in [0.3, 0.4) is 0 Å². The van der Waals surface area contributed by atoms with Gasteiger partial charge in [-0.05, 0) is 48.0 Å². The fourth-order valence-corrected chi connectivity index (χ4v) is 4.15. The summed E-state index contributed by atoms with van der Waals surface area (Å²) in [7, 11) is 1.57. The quantitative estimate of drug-likeness (QED) is 0.269. The van der Waals surface area contributed by atoms with Crippen LogP contribution in [-0.4, -0.2) is 27.4 Å². The summed E-state index contributed by atoms with van der Waals surface area (Å²) in [6, 6.07) is 18.4. The summed E-state index contributed by atoms with van der Waals surface area (Å²) in [6.45, 7) is 0.455. The van der Waals surface area contributed by atoms with Crippen LogP contribution in [0.2, 0.25) is 10.2 Å². The Labute approximate surface area is 199 Å². The molecule has 6 nitrogen and oxygen atoms in total. The largest absolute Gasteiger partial charge is 0.497 e. The Bertz CT molecular complexity index is 1460. The van der Waals surface area contributed by atoms with E-state index in [2.05, 4.69) is 9.97 Å². The molecule has 8 heteroatoms. The molecule has 5 aromatic rings. The smallest absolute Gasteiger partial charge is 0.269 e. The standard InChI is InChI=1S/C25H17Cl2N3O3/c1-32-17-9-10-20-18(12-17)22(24(27)30(20)14-15-5-7-16(26)8-6-15)23(31)25-29-13-21(33-25)19-4-2-3-11-28-19/h2-13H,14H2,1H3. The summed E-state index contributed by atoms with van der Waals surface area (Å²) >= 11 is 12.8. The molecule has 0 atom stereocenters. The van der Waals surface area contributed by atoms with Gasteiger partial charge in [-0.1, -0.05) is 41.4 Å². The van der Waals surface area contributed by atoms with Gasteiger partial charge in [-0.15, -0.1) is 0 Å². The van der Waals surface area contributed by atoms with Gasteiger partial charge in [-0.2, -0.15) is 0 Å². The van der Waals surface area contributed by atoms with Crippen LogP contribution in [0.4, 0.5) is 0 Å². The van der Waals surface area contributed by atoms with Gasteiger partial charge in [0.2, 0.25) is 0 Å². The van der Waals surface area contributed by atoms with Gasteiger partial charge in [0.1, 0.15) is 16.6 Å². The van der Waals surface area contributed by atoms with Crippen molar-refractivity contribution < 1.29 is 13.9 Å². The lowest BCUT2D eigenvalue weighted by atomic mass is 10.1.